The molecule has 0 amide bonds. The van der Waals surface area contributed by atoms with Crippen molar-refractivity contribution in [3.05, 3.63) is 70.9 Å². The molecule has 0 aliphatic carbocycles. The summed E-state index contributed by atoms with van der Waals surface area (Å²) in [6, 6.07) is 13.0. The third-order valence-electron chi connectivity index (χ3n) is 3.07. The number of benzene rings is 1. The van der Waals surface area contributed by atoms with Gasteiger partial charge in [0.15, 0.2) is 11.6 Å². The second-order valence-electron chi connectivity index (χ2n) is 4.61. The smallest absolute Gasteiger partial charge is 0.259 e. The van der Waals surface area contributed by atoms with E-state index in [1.165, 1.54) is 16.5 Å². The van der Waals surface area contributed by atoms with Crippen LogP contribution in [0.5, 0.6) is 5.75 Å². The van der Waals surface area contributed by atoms with Crippen molar-refractivity contribution in [3.8, 4) is 5.75 Å². The molecule has 3 aromatic rings. The van der Waals surface area contributed by atoms with Crippen molar-refractivity contribution in [2.75, 3.05) is 18.5 Å². The van der Waals surface area contributed by atoms with Gasteiger partial charge in [0.1, 0.15) is 18.1 Å². The Labute approximate surface area is 126 Å². The topological polar surface area (TPSA) is 55.6 Å². The molecule has 0 spiro atoms. The highest BCUT2D eigenvalue weighted by Gasteiger charge is 2.03. The summed E-state index contributed by atoms with van der Waals surface area (Å²) in [5.41, 5.74) is 0.399. The Bertz CT molecular complexity index is 848. The standard InChI is InChI=1S/C16H14FN3O2/c17-12-5-1-2-6-13(12)22-10-8-18-14-11-16(21)20-9-4-3-7-15(20)19-14/h1-7,9,11,18H,8,10H2. The van der Waals surface area contributed by atoms with Gasteiger partial charge in [0.25, 0.3) is 5.56 Å². The van der Waals surface area contributed by atoms with Crippen LogP contribution in [0.4, 0.5) is 10.2 Å². The summed E-state index contributed by atoms with van der Waals surface area (Å²) in [5.74, 6) is 0.272. The first-order chi connectivity index (χ1) is 10.7. The molecule has 112 valence electrons. The second-order valence-corrected chi connectivity index (χ2v) is 4.61. The van der Waals surface area contributed by atoms with Gasteiger partial charge in [0.2, 0.25) is 0 Å². The number of nitrogens with one attached hydrogen (secondary N) is 1. The van der Waals surface area contributed by atoms with Crippen molar-refractivity contribution < 1.29 is 9.13 Å². The van der Waals surface area contributed by atoms with E-state index in [1.807, 2.05) is 6.07 Å². The first kappa shape index (κ1) is 14.1. The van der Waals surface area contributed by atoms with Gasteiger partial charge in [-0.1, -0.05) is 18.2 Å². The molecular weight excluding hydrogens is 285 g/mol. The Hall–Kier alpha value is -2.89. The second kappa shape index (κ2) is 6.26. The largest absolute Gasteiger partial charge is 0.489 e. The predicted octanol–water partition coefficient (Wildman–Crippen LogP) is 2.32. The van der Waals surface area contributed by atoms with Crippen LogP contribution < -0.4 is 15.6 Å². The fourth-order valence-electron chi connectivity index (χ4n) is 2.05. The molecule has 0 saturated heterocycles. The number of fused-ring (bicyclic) bond motifs is 1. The number of anilines is 1. The molecule has 0 radical (unpaired) electrons. The number of hydrogen-bond acceptors (Lipinski definition) is 4. The third kappa shape index (κ3) is 3.06. The first-order valence-electron chi connectivity index (χ1n) is 6.84. The molecule has 2 aromatic heterocycles. The molecule has 0 bridgehead atoms. The lowest BCUT2D eigenvalue weighted by atomic mass is 10.3. The van der Waals surface area contributed by atoms with Crippen LogP contribution in [0.1, 0.15) is 0 Å². The summed E-state index contributed by atoms with van der Waals surface area (Å²) in [4.78, 5) is 16.2. The number of aromatic nitrogens is 2. The zero-order chi connectivity index (χ0) is 15.4. The van der Waals surface area contributed by atoms with Gasteiger partial charge < -0.3 is 10.1 Å². The monoisotopic (exact) mass is 299 g/mol. The minimum absolute atomic E-state index is 0.164. The molecular formula is C16H14FN3O2. The van der Waals surface area contributed by atoms with Gasteiger partial charge in [0.05, 0.1) is 6.54 Å². The molecule has 0 unspecified atom stereocenters. The van der Waals surface area contributed by atoms with Crippen LogP contribution in [0.25, 0.3) is 5.65 Å². The lowest BCUT2D eigenvalue weighted by Crippen LogP contribution is -2.18. The average Bonchev–Trinajstić information content (AvgIpc) is 2.53. The highest BCUT2D eigenvalue weighted by Crippen LogP contribution is 2.14. The minimum atomic E-state index is -0.399. The minimum Gasteiger partial charge on any atom is -0.489 e. The Balaban J connectivity index is 1.62. The van der Waals surface area contributed by atoms with Crippen LogP contribution >= 0.6 is 0 Å². The Morgan fingerprint density at radius 2 is 2.00 bits per heavy atom. The molecule has 2 heterocycles. The van der Waals surface area contributed by atoms with E-state index in [0.29, 0.717) is 18.0 Å². The van der Waals surface area contributed by atoms with Gasteiger partial charge in [-0.3, -0.25) is 9.20 Å². The first-order valence-corrected chi connectivity index (χ1v) is 6.84. The van der Waals surface area contributed by atoms with Crippen molar-refractivity contribution in [3.63, 3.8) is 0 Å². The molecule has 0 saturated carbocycles. The number of para-hydroxylation sites is 1. The zero-order valence-corrected chi connectivity index (χ0v) is 11.7. The fraction of sp³-hybridized carbons (Fsp3) is 0.125. The molecule has 0 aliphatic heterocycles. The molecule has 5 nitrogen and oxygen atoms in total. The summed E-state index contributed by atoms with van der Waals surface area (Å²) in [6.07, 6.45) is 1.66. The van der Waals surface area contributed by atoms with E-state index in [0.717, 1.165) is 0 Å². The van der Waals surface area contributed by atoms with Crippen molar-refractivity contribution in [2.45, 2.75) is 0 Å². The highest BCUT2D eigenvalue weighted by atomic mass is 19.1. The van der Waals surface area contributed by atoms with Crippen molar-refractivity contribution in [1.29, 1.82) is 0 Å². The van der Waals surface area contributed by atoms with E-state index < -0.39 is 5.82 Å². The quantitative estimate of drug-likeness (QED) is 0.735. The fourth-order valence-corrected chi connectivity index (χ4v) is 2.05. The van der Waals surface area contributed by atoms with E-state index in [1.54, 1.807) is 36.5 Å². The molecule has 6 heteroatoms. The van der Waals surface area contributed by atoms with Gasteiger partial charge in [-0.25, -0.2) is 9.37 Å². The number of pyridine rings is 1. The van der Waals surface area contributed by atoms with Crippen molar-refractivity contribution in [1.82, 2.24) is 9.38 Å². The van der Waals surface area contributed by atoms with Gasteiger partial charge in [-0.2, -0.15) is 0 Å². The summed E-state index contributed by atoms with van der Waals surface area (Å²) < 4.78 is 20.2. The predicted molar refractivity (Wildman–Crippen MR) is 81.8 cm³/mol. The average molecular weight is 299 g/mol. The van der Waals surface area contributed by atoms with Crippen LogP contribution in [0.2, 0.25) is 0 Å². The summed E-state index contributed by atoms with van der Waals surface area (Å²) in [6.45, 7) is 0.667. The lowest BCUT2D eigenvalue weighted by molar-refractivity contribution is 0.315. The highest BCUT2D eigenvalue weighted by molar-refractivity contribution is 5.46. The van der Waals surface area contributed by atoms with E-state index in [9.17, 15) is 9.18 Å². The van der Waals surface area contributed by atoms with Crippen LogP contribution in [-0.2, 0) is 0 Å². The lowest BCUT2D eigenvalue weighted by Gasteiger charge is -2.09. The number of ether oxygens (including phenoxy) is 1. The van der Waals surface area contributed by atoms with Crippen LogP contribution in [0.3, 0.4) is 0 Å². The maximum absolute atomic E-state index is 13.4. The van der Waals surface area contributed by atoms with Crippen molar-refractivity contribution >= 4 is 11.5 Å². The zero-order valence-electron chi connectivity index (χ0n) is 11.7. The summed E-state index contributed by atoms with van der Waals surface area (Å²) >= 11 is 0. The van der Waals surface area contributed by atoms with E-state index in [-0.39, 0.29) is 17.9 Å². The number of hydrogen-bond donors (Lipinski definition) is 1. The van der Waals surface area contributed by atoms with Crippen LogP contribution in [0, 0.1) is 5.82 Å². The molecule has 22 heavy (non-hydrogen) atoms. The Kier molecular flexibility index (Phi) is 4.00. The molecule has 1 aromatic carbocycles. The third-order valence-corrected chi connectivity index (χ3v) is 3.07. The van der Waals surface area contributed by atoms with Gasteiger partial charge in [-0.05, 0) is 24.3 Å². The summed E-state index contributed by atoms with van der Waals surface area (Å²) in [7, 11) is 0. The molecule has 0 aliphatic rings. The summed E-state index contributed by atoms with van der Waals surface area (Å²) in [5, 5.41) is 3.00. The Morgan fingerprint density at radius 1 is 1.18 bits per heavy atom. The Morgan fingerprint density at radius 3 is 2.86 bits per heavy atom. The van der Waals surface area contributed by atoms with Gasteiger partial charge in [0, 0.05) is 12.3 Å². The normalized spacial score (nSPS) is 10.6. The van der Waals surface area contributed by atoms with Crippen LogP contribution in [-0.4, -0.2) is 22.5 Å². The maximum Gasteiger partial charge on any atom is 0.259 e. The molecule has 1 N–H and O–H groups in total. The van der Waals surface area contributed by atoms with E-state index >= 15 is 0 Å². The van der Waals surface area contributed by atoms with Crippen LogP contribution in [0.15, 0.2) is 59.5 Å². The van der Waals surface area contributed by atoms with Crippen molar-refractivity contribution in [2.24, 2.45) is 0 Å². The maximum atomic E-state index is 13.4. The number of nitrogens with zero attached hydrogens (tertiary/aromatic N) is 2. The van der Waals surface area contributed by atoms with E-state index in [4.69, 9.17) is 4.74 Å². The molecule has 0 fully saturated rings. The van der Waals surface area contributed by atoms with E-state index in [2.05, 4.69) is 10.3 Å². The number of halogens is 1. The number of rotatable bonds is 5. The molecule has 0 atom stereocenters. The molecule has 3 rings (SSSR count). The SMILES string of the molecule is O=c1cc(NCCOc2ccccc2F)nc2ccccn12. The van der Waals surface area contributed by atoms with Gasteiger partial charge in [-0.15, -0.1) is 0 Å². The van der Waals surface area contributed by atoms with Gasteiger partial charge >= 0.3 is 0 Å².